The Morgan fingerprint density at radius 2 is 1.96 bits per heavy atom. The minimum atomic E-state index is -1.04. The van der Waals surface area contributed by atoms with Gasteiger partial charge in [-0.25, -0.2) is 4.39 Å². The number of nitrogens with zero attached hydrogens (tertiary/aromatic N) is 3. The third kappa shape index (κ3) is 9.09. The maximum absolute atomic E-state index is 13.3. The molecule has 1 fully saturated rings. The number of pyridine rings is 1. The Morgan fingerprint density at radius 1 is 1.18 bits per heavy atom. The van der Waals surface area contributed by atoms with Crippen LogP contribution in [0.3, 0.4) is 0 Å². The molecule has 1 saturated heterocycles. The number of anilines is 1. The molecule has 1 aliphatic rings. The van der Waals surface area contributed by atoms with E-state index in [0.29, 0.717) is 24.1 Å². The molecule has 0 saturated carbocycles. The van der Waals surface area contributed by atoms with E-state index in [1.165, 1.54) is 0 Å². The summed E-state index contributed by atoms with van der Waals surface area (Å²) in [6.07, 6.45) is 7.43. The Labute approximate surface area is 264 Å². The number of piperidine rings is 1. The number of allylic oxidation sites excluding steroid dienone is 2. The molecule has 0 aliphatic carbocycles. The van der Waals surface area contributed by atoms with Gasteiger partial charge in [-0.05, 0) is 72.5 Å². The third-order valence-electron chi connectivity index (χ3n) is 7.67. The number of carbonyl (C=O) groups excluding carboxylic acids is 1. The van der Waals surface area contributed by atoms with Crippen molar-refractivity contribution in [3.05, 3.63) is 96.7 Å². The average Bonchev–Trinajstić information content (AvgIpc) is 3.05. The minimum absolute atomic E-state index is 0.197. The number of fused-ring (bicyclic) bond motifs is 1. The zero-order valence-corrected chi connectivity index (χ0v) is 26.3. The summed E-state index contributed by atoms with van der Waals surface area (Å²) in [5, 5.41) is 18.0. The number of hydrogen-bond acceptors (Lipinski definition) is 6. The second-order valence-electron chi connectivity index (χ2n) is 11.2. The standard InChI is InChI=1S/C35H43FN8O/c1-6-29(23(2)3)33(44-35(42-22-37-5)41-20-25-13-16-38-17-14-25)40-21-27-9-7-8-10-30(27)32-31-12-11-28(43-34(45)24(4)36)19-26(31)15-18-39-32/h6-12,15,18-19,22-23,25,38,40H,1,4,13-14,16-17,20-21H2,2-3,5H3,(H,43,45)(H2,37,41,42,44)/b33-29-. The van der Waals surface area contributed by atoms with Crippen molar-refractivity contribution in [1.82, 2.24) is 26.3 Å². The number of rotatable bonds is 12. The van der Waals surface area contributed by atoms with Gasteiger partial charge < -0.3 is 26.6 Å². The third-order valence-corrected chi connectivity index (χ3v) is 7.67. The summed E-state index contributed by atoms with van der Waals surface area (Å²) in [7, 11) is 1.71. The first-order valence-corrected chi connectivity index (χ1v) is 15.2. The van der Waals surface area contributed by atoms with Gasteiger partial charge in [0.1, 0.15) is 5.82 Å². The minimum Gasteiger partial charge on any atom is -0.367 e. The highest BCUT2D eigenvalue weighted by Gasteiger charge is 2.16. The predicted molar refractivity (Wildman–Crippen MR) is 184 cm³/mol. The van der Waals surface area contributed by atoms with Gasteiger partial charge in [-0.1, -0.05) is 63.4 Å². The quantitative estimate of drug-likeness (QED) is 0.0783. The molecular weight excluding hydrogens is 567 g/mol. The average molecular weight is 611 g/mol. The van der Waals surface area contributed by atoms with Crippen LogP contribution in [0.25, 0.3) is 22.0 Å². The van der Waals surface area contributed by atoms with Gasteiger partial charge >= 0.3 is 0 Å². The summed E-state index contributed by atoms with van der Waals surface area (Å²) in [5.74, 6) is 0.239. The summed E-state index contributed by atoms with van der Waals surface area (Å²) < 4.78 is 13.3. The molecule has 45 heavy (non-hydrogen) atoms. The maximum atomic E-state index is 13.3. The second kappa shape index (κ2) is 16.3. The highest BCUT2D eigenvalue weighted by Crippen LogP contribution is 2.31. The zero-order chi connectivity index (χ0) is 32.2. The smallest absolute Gasteiger partial charge is 0.283 e. The van der Waals surface area contributed by atoms with E-state index in [0.717, 1.165) is 71.5 Å². The SMILES string of the molecule is C=C/C(=C(\NCc1ccccc1-c1nccc2cc(NC(=O)C(=C)F)ccc12)NC(=NCC1CCNCC1)NC=NC)C(C)C. The molecule has 3 aromatic rings. The molecule has 0 atom stereocenters. The summed E-state index contributed by atoms with van der Waals surface area (Å²) in [6.45, 7) is 14.7. The molecule has 9 nitrogen and oxygen atoms in total. The lowest BCUT2D eigenvalue weighted by molar-refractivity contribution is -0.114. The Morgan fingerprint density at radius 3 is 2.67 bits per heavy atom. The number of benzene rings is 2. The number of aromatic nitrogens is 1. The first-order chi connectivity index (χ1) is 21.8. The molecule has 4 rings (SSSR count). The van der Waals surface area contributed by atoms with Crippen molar-refractivity contribution in [2.24, 2.45) is 21.8 Å². The van der Waals surface area contributed by atoms with Gasteiger partial charge in [-0.2, -0.15) is 0 Å². The van der Waals surface area contributed by atoms with Crippen LogP contribution in [0.4, 0.5) is 10.1 Å². The van der Waals surface area contributed by atoms with Gasteiger partial charge in [0.25, 0.3) is 5.91 Å². The van der Waals surface area contributed by atoms with Crippen LogP contribution in [0.5, 0.6) is 0 Å². The van der Waals surface area contributed by atoms with Crippen LogP contribution in [0.15, 0.2) is 101 Å². The Balaban J connectivity index is 1.62. The molecule has 0 unspecified atom stereocenters. The van der Waals surface area contributed by atoms with Gasteiger partial charge in [0.15, 0.2) is 5.83 Å². The lowest BCUT2D eigenvalue weighted by Gasteiger charge is -2.23. The van der Waals surface area contributed by atoms with E-state index in [9.17, 15) is 9.18 Å². The number of carbonyl (C=O) groups is 1. The van der Waals surface area contributed by atoms with Crippen LogP contribution in [0.1, 0.15) is 32.3 Å². The van der Waals surface area contributed by atoms with Crippen LogP contribution in [-0.4, -0.2) is 49.9 Å². The van der Waals surface area contributed by atoms with E-state index < -0.39 is 11.7 Å². The van der Waals surface area contributed by atoms with Crippen molar-refractivity contribution in [3.8, 4) is 11.3 Å². The Hall–Kier alpha value is -4.83. The van der Waals surface area contributed by atoms with E-state index in [4.69, 9.17) is 9.98 Å². The van der Waals surface area contributed by atoms with Crippen LogP contribution >= 0.6 is 0 Å². The number of guanidine groups is 1. The van der Waals surface area contributed by atoms with Crippen molar-refractivity contribution < 1.29 is 9.18 Å². The number of aliphatic imine (C=N–C) groups is 2. The zero-order valence-electron chi connectivity index (χ0n) is 26.3. The largest absolute Gasteiger partial charge is 0.367 e. The van der Waals surface area contributed by atoms with Crippen molar-refractivity contribution in [2.45, 2.75) is 33.2 Å². The number of hydrogen-bond donors (Lipinski definition) is 5. The first kappa shape index (κ1) is 33.1. The molecule has 1 aromatic heterocycles. The second-order valence-corrected chi connectivity index (χ2v) is 11.2. The van der Waals surface area contributed by atoms with E-state index in [2.05, 4.69) is 64.6 Å². The van der Waals surface area contributed by atoms with Crippen LogP contribution in [0.2, 0.25) is 0 Å². The molecule has 2 aromatic carbocycles. The molecular formula is C35H43FN8O. The fraction of sp³-hybridized carbons (Fsp3) is 0.314. The molecule has 2 heterocycles. The summed E-state index contributed by atoms with van der Waals surface area (Å²) in [6, 6.07) is 15.4. The Kier molecular flexibility index (Phi) is 12.0. The lowest BCUT2D eigenvalue weighted by atomic mass is 9.98. The summed E-state index contributed by atoms with van der Waals surface area (Å²) in [4.78, 5) is 25.5. The van der Waals surface area contributed by atoms with Gasteiger partial charge in [0.2, 0.25) is 5.96 Å². The van der Waals surface area contributed by atoms with Gasteiger partial charge in [0.05, 0.1) is 12.0 Å². The molecule has 5 N–H and O–H groups in total. The number of amides is 1. The lowest BCUT2D eigenvalue weighted by Crippen LogP contribution is -2.41. The normalized spacial score (nSPS) is 14.7. The van der Waals surface area contributed by atoms with Crippen LogP contribution in [-0.2, 0) is 11.3 Å². The van der Waals surface area contributed by atoms with Crippen LogP contribution in [0, 0.1) is 11.8 Å². The predicted octanol–water partition coefficient (Wildman–Crippen LogP) is 5.66. The molecule has 236 valence electrons. The molecule has 10 heteroatoms. The highest BCUT2D eigenvalue weighted by atomic mass is 19.1. The first-order valence-electron chi connectivity index (χ1n) is 15.2. The molecule has 0 radical (unpaired) electrons. The van der Waals surface area contributed by atoms with Crippen molar-refractivity contribution in [1.29, 1.82) is 0 Å². The van der Waals surface area contributed by atoms with Crippen molar-refractivity contribution in [2.75, 3.05) is 32.0 Å². The molecule has 0 spiro atoms. The molecule has 1 amide bonds. The van der Waals surface area contributed by atoms with Crippen molar-refractivity contribution >= 4 is 34.7 Å². The topological polar surface area (TPSA) is 115 Å². The summed E-state index contributed by atoms with van der Waals surface area (Å²) in [5.41, 5.74) is 4.29. The monoisotopic (exact) mass is 610 g/mol. The van der Waals surface area contributed by atoms with Crippen molar-refractivity contribution in [3.63, 3.8) is 0 Å². The maximum Gasteiger partial charge on any atom is 0.283 e. The van der Waals surface area contributed by atoms with E-state index in [-0.39, 0.29) is 5.92 Å². The summed E-state index contributed by atoms with van der Waals surface area (Å²) >= 11 is 0. The highest BCUT2D eigenvalue weighted by molar-refractivity contribution is 6.04. The van der Waals surface area contributed by atoms with Gasteiger partial charge in [-0.3, -0.25) is 19.8 Å². The van der Waals surface area contributed by atoms with Gasteiger partial charge in [-0.15, -0.1) is 0 Å². The van der Waals surface area contributed by atoms with Gasteiger partial charge in [0, 0.05) is 43.0 Å². The van der Waals surface area contributed by atoms with E-state index in [1.54, 1.807) is 31.7 Å². The number of halogens is 1. The fourth-order valence-corrected chi connectivity index (χ4v) is 5.25. The van der Waals surface area contributed by atoms with E-state index in [1.807, 2.05) is 36.4 Å². The fourth-order valence-electron chi connectivity index (χ4n) is 5.25. The Bertz CT molecular complexity index is 1600. The van der Waals surface area contributed by atoms with E-state index >= 15 is 0 Å². The molecule has 0 bridgehead atoms. The number of nitrogens with one attached hydrogen (secondary N) is 5. The molecule has 1 aliphatic heterocycles. The van der Waals surface area contributed by atoms with Crippen LogP contribution < -0.4 is 26.6 Å².